The summed E-state index contributed by atoms with van der Waals surface area (Å²) in [6, 6.07) is 15.7. The number of nitrogens with zero attached hydrogens (tertiary/aromatic N) is 3. The van der Waals surface area contributed by atoms with Gasteiger partial charge in [0.2, 0.25) is 0 Å². The second-order valence-electron chi connectivity index (χ2n) is 5.91. The van der Waals surface area contributed by atoms with Gasteiger partial charge in [0, 0.05) is 22.5 Å². The van der Waals surface area contributed by atoms with Crippen LogP contribution in [0.2, 0.25) is 5.02 Å². The molecule has 1 aromatic heterocycles. The minimum atomic E-state index is -0.360. The maximum absolute atomic E-state index is 12.5. The van der Waals surface area contributed by atoms with E-state index in [1.807, 2.05) is 25.1 Å². The highest BCUT2D eigenvalue weighted by molar-refractivity contribution is 6.30. The topological polar surface area (TPSA) is 90.7 Å². The molecule has 1 heterocycles. The van der Waals surface area contributed by atoms with Crippen LogP contribution in [0.3, 0.4) is 0 Å². The van der Waals surface area contributed by atoms with Crippen molar-refractivity contribution in [3.05, 3.63) is 76.2 Å². The molecule has 0 saturated heterocycles. The maximum Gasteiger partial charge on any atom is 0.274 e. The van der Waals surface area contributed by atoms with Crippen LogP contribution in [0, 0.1) is 25.2 Å². The lowest BCUT2D eigenvalue weighted by Crippen LogP contribution is -2.15. The number of carbonyl (C=O) groups is 1. The number of hydrogen-bond donors (Lipinski definition) is 2. The zero-order valence-electron chi connectivity index (χ0n) is 14.7. The Labute approximate surface area is 161 Å². The minimum Gasteiger partial charge on any atom is -0.340 e. The van der Waals surface area contributed by atoms with Crippen molar-refractivity contribution in [2.24, 2.45) is 0 Å². The first kappa shape index (κ1) is 18.4. The number of amides is 1. The first-order chi connectivity index (χ1) is 12.9. The molecular weight excluding hydrogens is 362 g/mol. The normalized spacial score (nSPS) is 10.1. The van der Waals surface area contributed by atoms with Crippen molar-refractivity contribution >= 4 is 34.7 Å². The maximum atomic E-state index is 12.5. The van der Waals surface area contributed by atoms with Crippen LogP contribution in [0.5, 0.6) is 0 Å². The summed E-state index contributed by atoms with van der Waals surface area (Å²) in [5.74, 6) is 0.621. The zero-order chi connectivity index (χ0) is 19.4. The Morgan fingerprint density at radius 1 is 1.07 bits per heavy atom. The average Bonchev–Trinajstić information content (AvgIpc) is 2.64. The van der Waals surface area contributed by atoms with Crippen molar-refractivity contribution < 1.29 is 4.79 Å². The fourth-order valence-corrected chi connectivity index (χ4v) is 2.70. The highest BCUT2D eigenvalue weighted by Gasteiger charge is 2.12. The molecule has 1 amide bonds. The van der Waals surface area contributed by atoms with Gasteiger partial charge in [0.05, 0.1) is 11.6 Å². The average molecular weight is 378 g/mol. The van der Waals surface area contributed by atoms with Gasteiger partial charge >= 0.3 is 0 Å². The molecule has 0 spiro atoms. The third-order valence-electron chi connectivity index (χ3n) is 3.79. The lowest BCUT2D eigenvalue weighted by Gasteiger charge is -2.11. The summed E-state index contributed by atoms with van der Waals surface area (Å²) in [5, 5.41) is 15.4. The van der Waals surface area contributed by atoms with Crippen molar-refractivity contribution in [2.75, 3.05) is 10.6 Å². The summed E-state index contributed by atoms with van der Waals surface area (Å²) in [6.07, 6.45) is 0. The van der Waals surface area contributed by atoms with Crippen molar-refractivity contribution in [3.63, 3.8) is 0 Å². The first-order valence-corrected chi connectivity index (χ1v) is 8.53. The third kappa shape index (κ3) is 4.60. The Morgan fingerprint density at radius 3 is 2.48 bits per heavy atom. The molecule has 0 bridgehead atoms. The summed E-state index contributed by atoms with van der Waals surface area (Å²) >= 11 is 5.98. The molecule has 3 aromatic rings. The van der Waals surface area contributed by atoms with Gasteiger partial charge in [-0.15, -0.1) is 0 Å². The molecule has 2 N–H and O–H groups in total. The molecule has 6 nitrogen and oxygen atoms in total. The summed E-state index contributed by atoms with van der Waals surface area (Å²) in [6.45, 7) is 3.65. The number of benzene rings is 2. The quantitative estimate of drug-likeness (QED) is 0.692. The number of rotatable bonds is 4. The molecule has 0 aliphatic heterocycles. The summed E-state index contributed by atoms with van der Waals surface area (Å²) in [7, 11) is 0. The van der Waals surface area contributed by atoms with Crippen LogP contribution in [0.1, 0.15) is 27.4 Å². The van der Waals surface area contributed by atoms with E-state index in [0.29, 0.717) is 27.9 Å². The van der Waals surface area contributed by atoms with E-state index in [0.717, 1.165) is 11.3 Å². The summed E-state index contributed by atoms with van der Waals surface area (Å²) in [5.41, 5.74) is 3.15. The van der Waals surface area contributed by atoms with E-state index < -0.39 is 0 Å². The van der Waals surface area contributed by atoms with Gasteiger partial charge in [-0.2, -0.15) is 5.26 Å². The molecule has 0 unspecified atom stereocenters. The Morgan fingerprint density at radius 2 is 1.81 bits per heavy atom. The lowest BCUT2D eigenvalue weighted by atomic mass is 10.2. The van der Waals surface area contributed by atoms with Crippen LogP contribution in [0.25, 0.3) is 0 Å². The smallest absolute Gasteiger partial charge is 0.274 e. The van der Waals surface area contributed by atoms with Crippen LogP contribution in [0.15, 0.2) is 48.5 Å². The van der Waals surface area contributed by atoms with Crippen molar-refractivity contribution in [1.29, 1.82) is 5.26 Å². The molecule has 0 atom stereocenters. The fraction of sp³-hybridized carbons (Fsp3) is 0.100. The minimum absolute atomic E-state index is 0.237. The number of aromatic nitrogens is 2. The van der Waals surface area contributed by atoms with E-state index in [2.05, 4.69) is 20.6 Å². The van der Waals surface area contributed by atoms with E-state index >= 15 is 0 Å². The standard InChI is InChI=1S/C20H16ClN5O/c1-12-9-15(21)5-8-17(12)26-19-10-18(23-13(2)24-19)20(27)25-16-6-3-14(11-22)4-7-16/h3-10H,1-2H3,(H,25,27)(H,23,24,26). The van der Waals surface area contributed by atoms with Gasteiger partial charge < -0.3 is 10.6 Å². The molecule has 0 fully saturated rings. The van der Waals surface area contributed by atoms with Gasteiger partial charge in [0.1, 0.15) is 17.3 Å². The highest BCUT2D eigenvalue weighted by atomic mass is 35.5. The van der Waals surface area contributed by atoms with Crippen LogP contribution >= 0.6 is 11.6 Å². The van der Waals surface area contributed by atoms with Gasteiger partial charge in [0.25, 0.3) is 5.91 Å². The lowest BCUT2D eigenvalue weighted by molar-refractivity contribution is 0.102. The van der Waals surface area contributed by atoms with Crippen LogP contribution < -0.4 is 10.6 Å². The van der Waals surface area contributed by atoms with E-state index in [-0.39, 0.29) is 11.6 Å². The molecule has 2 aromatic carbocycles. The molecule has 3 rings (SSSR count). The summed E-state index contributed by atoms with van der Waals surface area (Å²) < 4.78 is 0. The Hall–Kier alpha value is -3.43. The number of nitriles is 1. The van der Waals surface area contributed by atoms with Crippen molar-refractivity contribution in [1.82, 2.24) is 9.97 Å². The van der Waals surface area contributed by atoms with Crippen LogP contribution in [0.4, 0.5) is 17.2 Å². The highest BCUT2D eigenvalue weighted by Crippen LogP contribution is 2.23. The molecular formula is C20H16ClN5O. The Bertz CT molecular complexity index is 1040. The molecule has 0 radical (unpaired) electrons. The fourth-order valence-electron chi connectivity index (χ4n) is 2.48. The number of halogens is 1. The van der Waals surface area contributed by atoms with Crippen molar-refractivity contribution in [2.45, 2.75) is 13.8 Å². The predicted octanol–water partition coefficient (Wildman–Crippen LogP) is 4.61. The molecule has 7 heteroatoms. The van der Waals surface area contributed by atoms with Gasteiger partial charge in [-0.25, -0.2) is 9.97 Å². The number of hydrogen-bond acceptors (Lipinski definition) is 5. The number of carbonyl (C=O) groups excluding carboxylic acids is 1. The predicted molar refractivity (Wildman–Crippen MR) is 105 cm³/mol. The third-order valence-corrected chi connectivity index (χ3v) is 4.03. The monoisotopic (exact) mass is 377 g/mol. The molecule has 0 aliphatic carbocycles. The van der Waals surface area contributed by atoms with Crippen LogP contribution in [-0.2, 0) is 0 Å². The molecule has 0 aliphatic rings. The second kappa shape index (κ2) is 7.85. The Kier molecular flexibility index (Phi) is 5.34. The van der Waals surface area contributed by atoms with E-state index in [1.54, 1.807) is 43.3 Å². The van der Waals surface area contributed by atoms with Gasteiger partial charge in [-0.1, -0.05) is 11.6 Å². The molecule has 0 saturated carbocycles. The Balaban J connectivity index is 1.81. The first-order valence-electron chi connectivity index (χ1n) is 8.15. The summed E-state index contributed by atoms with van der Waals surface area (Å²) in [4.78, 5) is 21.1. The van der Waals surface area contributed by atoms with Crippen molar-refractivity contribution in [3.8, 4) is 6.07 Å². The number of nitrogens with one attached hydrogen (secondary N) is 2. The van der Waals surface area contributed by atoms with Crippen LogP contribution in [-0.4, -0.2) is 15.9 Å². The second-order valence-corrected chi connectivity index (χ2v) is 6.35. The molecule has 27 heavy (non-hydrogen) atoms. The van der Waals surface area contributed by atoms with Gasteiger partial charge in [-0.05, 0) is 61.9 Å². The number of aryl methyl sites for hydroxylation is 2. The van der Waals surface area contributed by atoms with E-state index in [1.165, 1.54) is 0 Å². The van der Waals surface area contributed by atoms with Gasteiger partial charge in [0.15, 0.2) is 0 Å². The number of anilines is 3. The zero-order valence-corrected chi connectivity index (χ0v) is 15.5. The van der Waals surface area contributed by atoms with E-state index in [9.17, 15) is 4.79 Å². The largest absolute Gasteiger partial charge is 0.340 e. The molecule has 134 valence electrons. The van der Waals surface area contributed by atoms with Gasteiger partial charge in [-0.3, -0.25) is 4.79 Å². The SMILES string of the molecule is Cc1nc(Nc2ccc(Cl)cc2C)cc(C(=O)Nc2ccc(C#N)cc2)n1. The van der Waals surface area contributed by atoms with E-state index in [4.69, 9.17) is 16.9 Å².